The van der Waals surface area contributed by atoms with Crippen molar-refractivity contribution in [2.45, 2.75) is 18.4 Å². The van der Waals surface area contributed by atoms with Crippen LogP contribution in [0.3, 0.4) is 0 Å². The lowest BCUT2D eigenvalue weighted by Crippen LogP contribution is -2.57. The van der Waals surface area contributed by atoms with E-state index in [0.29, 0.717) is 5.54 Å². The first kappa shape index (κ1) is 10.9. The van der Waals surface area contributed by atoms with Crippen LogP contribution in [-0.4, -0.2) is 47.4 Å². The van der Waals surface area contributed by atoms with Crippen LogP contribution in [0, 0.1) is 0 Å². The van der Waals surface area contributed by atoms with Crippen LogP contribution in [0.1, 0.15) is 12.8 Å². The molecule has 0 aromatic rings. The first-order valence-corrected chi connectivity index (χ1v) is 4.35. The predicted molar refractivity (Wildman–Crippen MR) is 46.1 cm³/mol. The maximum atomic E-state index is 9.10. The summed E-state index contributed by atoms with van der Waals surface area (Å²) in [6.07, 6.45) is 2.56. The van der Waals surface area contributed by atoms with Crippen LogP contribution in [0.2, 0.25) is 0 Å². The van der Waals surface area contributed by atoms with Gasteiger partial charge in [-0.05, 0) is 19.4 Å². The normalized spacial score (nSPS) is 28.9. The van der Waals surface area contributed by atoms with Crippen molar-refractivity contribution < 1.29 is 24.5 Å². The van der Waals surface area contributed by atoms with Crippen molar-refractivity contribution in [3.05, 3.63) is 0 Å². The first-order valence-electron chi connectivity index (χ1n) is 4.35. The Morgan fingerprint density at radius 2 is 1.79 bits per heavy atom. The minimum atomic E-state index is -1.82. The van der Waals surface area contributed by atoms with E-state index >= 15 is 0 Å². The Labute approximate surface area is 80.9 Å². The van der Waals surface area contributed by atoms with Crippen molar-refractivity contribution in [1.29, 1.82) is 0 Å². The molecule has 2 aliphatic rings. The lowest BCUT2D eigenvalue weighted by Gasteiger charge is -2.38. The van der Waals surface area contributed by atoms with E-state index in [1.54, 1.807) is 0 Å². The smallest absolute Gasteiger partial charge is 0.414 e. The molecular weight excluding hydrogens is 190 g/mol. The summed E-state index contributed by atoms with van der Waals surface area (Å²) in [6, 6.07) is 0. The largest absolute Gasteiger partial charge is 0.473 e. The molecular formula is C8H13NO5. The average Bonchev–Trinajstić information content (AvgIpc) is 2.51. The molecule has 6 heteroatoms. The molecule has 2 saturated heterocycles. The highest BCUT2D eigenvalue weighted by atomic mass is 16.5. The molecule has 2 rings (SSSR count). The Kier molecular flexibility index (Phi) is 3.43. The van der Waals surface area contributed by atoms with E-state index in [2.05, 4.69) is 5.32 Å². The Bertz CT molecular complexity index is 216. The van der Waals surface area contributed by atoms with Crippen molar-refractivity contribution >= 4 is 11.9 Å². The Hall–Kier alpha value is -1.14. The zero-order valence-electron chi connectivity index (χ0n) is 7.65. The summed E-state index contributed by atoms with van der Waals surface area (Å²) in [4.78, 5) is 18.2. The molecule has 2 aliphatic heterocycles. The number of hydrogen-bond acceptors (Lipinski definition) is 4. The molecule has 0 amide bonds. The van der Waals surface area contributed by atoms with Gasteiger partial charge in [0.1, 0.15) is 0 Å². The zero-order valence-corrected chi connectivity index (χ0v) is 7.65. The average molecular weight is 203 g/mol. The van der Waals surface area contributed by atoms with Gasteiger partial charge in [-0.15, -0.1) is 0 Å². The van der Waals surface area contributed by atoms with Gasteiger partial charge in [-0.1, -0.05) is 0 Å². The van der Waals surface area contributed by atoms with Crippen LogP contribution in [-0.2, 0) is 14.3 Å². The molecule has 3 N–H and O–H groups in total. The van der Waals surface area contributed by atoms with Gasteiger partial charge in [-0.2, -0.15) is 0 Å². The van der Waals surface area contributed by atoms with E-state index in [9.17, 15) is 0 Å². The second kappa shape index (κ2) is 4.39. The molecule has 0 aromatic heterocycles. The fourth-order valence-electron chi connectivity index (χ4n) is 1.42. The number of carboxylic acid groups (broad SMARTS) is 2. The molecule has 14 heavy (non-hydrogen) atoms. The van der Waals surface area contributed by atoms with Gasteiger partial charge in [0.2, 0.25) is 0 Å². The van der Waals surface area contributed by atoms with Gasteiger partial charge in [-0.3, -0.25) is 0 Å². The number of hydrogen-bond donors (Lipinski definition) is 3. The molecule has 0 saturated carbocycles. The quantitative estimate of drug-likeness (QED) is 0.450. The molecule has 6 nitrogen and oxygen atoms in total. The number of ether oxygens (including phenoxy) is 1. The fourth-order valence-corrected chi connectivity index (χ4v) is 1.42. The molecule has 1 atom stereocenters. The maximum Gasteiger partial charge on any atom is 0.414 e. The summed E-state index contributed by atoms with van der Waals surface area (Å²) in [7, 11) is 0. The Morgan fingerprint density at radius 1 is 1.21 bits per heavy atom. The summed E-state index contributed by atoms with van der Waals surface area (Å²) in [5, 5.41) is 18.2. The van der Waals surface area contributed by atoms with Crippen molar-refractivity contribution in [3.63, 3.8) is 0 Å². The molecule has 80 valence electrons. The van der Waals surface area contributed by atoms with Crippen molar-refractivity contribution in [2.75, 3.05) is 19.8 Å². The highest BCUT2D eigenvalue weighted by Crippen LogP contribution is 2.27. The second-order valence-electron chi connectivity index (χ2n) is 3.37. The standard InChI is InChI=1S/C6H11NO.C2H2O4/c1-3-7-6(1)2-4-8-5-6;3-1(4)2(5)6/h7H,1-5H2;(H,3,4)(H,5,6). The summed E-state index contributed by atoms with van der Waals surface area (Å²) in [5.74, 6) is -3.65. The van der Waals surface area contributed by atoms with E-state index < -0.39 is 11.9 Å². The summed E-state index contributed by atoms with van der Waals surface area (Å²) in [5.41, 5.74) is 0.444. The summed E-state index contributed by atoms with van der Waals surface area (Å²) >= 11 is 0. The van der Waals surface area contributed by atoms with E-state index in [-0.39, 0.29) is 0 Å². The van der Waals surface area contributed by atoms with Crippen LogP contribution in [0.25, 0.3) is 0 Å². The predicted octanol–water partition coefficient (Wildman–Crippen LogP) is -0.706. The van der Waals surface area contributed by atoms with E-state index in [0.717, 1.165) is 13.2 Å². The Morgan fingerprint density at radius 3 is 1.93 bits per heavy atom. The third-order valence-corrected chi connectivity index (χ3v) is 2.39. The maximum absolute atomic E-state index is 9.10. The molecule has 0 radical (unpaired) electrons. The van der Waals surface area contributed by atoms with Gasteiger partial charge in [0.15, 0.2) is 0 Å². The van der Waals surface area contributed by atoms with E-state index in [4.69, 9.17) is 24.5 Å². The van der Waals surface area contributed by atoms with Crippen LogP contribution in [0.4, 0.5) is 0 Å². The topological polar surface area (TPSA) is 95.9 Å². The van der Waals surface area contributed by atoms with E-state index in [1.807, 2.05) is 0 Å². The molecule has 1 spiro atoms. The van der Waals surface area contributed by atoms with Crippen LogP contribution in [0.15, 0.2) is 0 Å². The zero-order chi connectivity index (χ0) is 10.6. The van der Waals surface area contributed by atoms with Gasteiger partial charge in [0.25, 0.3) is 0 Å². The van der Waals surface area contributed by atoms with Gasteiger partial charge in [0.05, 0.1) is 6.61 Å². The number of carbonyl (C=O) groups is 2. The monoisotopic (exact) mass is 203 g/mol. The van der Waals surface area contributed by atoms with Crippen LogP contribution in [0.5, 0.6) is 0 Å². The van der Waals surface area contributed by atoms with Gasteiger partial charge < -0.3 is 20.3 Å². The van der Waals surface area contributed by atoms with Gasteiger partial charge >= 0.3 is 11.9 Å². The van der Waals surface area contributed by atoms with Crippen molar-refractivity contribution in [1.82, 2.24) is 5.32 Å². The minimum absolute atomic E-state index is 0.444. The van der Waals surface area contributed by atoms with Gasteiger partial charge in [0, 0.05) is 12.1 Å². The number of aliphatic carboxylic acids is 2. The first-order chi connectivity index (χ1) is 6.56. The summed E-state index contributed by atoms with van der Waals surface area (Å²) < 4.78 is 5.24. The van der Waals surface area contributed by atoms with Gasteiger partial charge in [-0.25, -0.2) is 9.59 Å². The third kappa shape index (κ3) is 2.68. The second-order valence-corrected chi connectivity index (χ2v) is 3.37. The number of nitrogens with one attached hydrogen (secondary N) is 1. The third-order valence-electron chi connectivity index (χ3n) is 2.39. The lowest BCUT2D eigenvalue weighted by molar-refractivity contribution is -0.159. The Balaban J connectivity index is 0.000000149. The lowest BCUT2D eigenvalue weighted by atomic mass is 9.88. The van der Waals surface area contributed by atoms with Crippen LogP contribution >= 0.6 is 0 Å². The van der Waals surface area contributed by atoms with E-state index in [1.165, 1.54) is 19.4 Å². The molecule has 1 unspecified atom stereocenters. The van der Waals surface area contributed by atoms with Crippen molar-refractivity contribution in [2.24, 2.45) is 0 Å². The highest BCUT2D eigenvalue weighted by Gasteiger charge is 2.39. The van der Waals surface area contributed by atoms with Crippen LogP contribution < -0.4 is 5.32 Å². The molecule has 0 aliphatic carbocycles. The minimum Gasteiger partial charge on any atom is -0.473 e. The molecule has 2 heterocycles. The number of carboxylic acids is 2. The molecule has 0 aromatic carbocycles. The highest BCUT2D eigenvalue weighted by molar-refractivity contribution is 6.27. The fraction of sp³-hybridized carbons (Fsp3) is 0.750. The van der Waals surface area contributed by atoms with Crippen molar-refractivity contribution in [3.8, 4) is 0 Å². The SMILES string of the molecule is C1CC2(CCOC2)N1.O=C(O)C(=O)O. The summed E-state index contributed by atoms with van der Waals surface area (Å²) in [6.45, 7) is 3.11. The molecule has 2 fully saturated rings. The molecule has 0 bridgehead atoms. The number of rotatable bonds is 0.